The van der Waals surface area contributed by atoms with Crippen molar-refractivity contribution in [1.82, 2.24) is 15.1 Å². The first-order valence-electron chi connectivity index (χ1n) is 7.57. The van der Waals surface area contributed by atoms with Gasteiger partial charge in [0.1, 0.15) is 0 Å². The molecular formula is C14H27N3O. The molecule has 2 aliphatic rings. The Morgan fingerprint density at radius 2 is 1.56 bits per heavy atom. The Morgan fingerprint density at radius 3 is 2.33 bits per heavy atom. The van der Waals surface area contributed by atoms with Crippen molar-refractivity contribution in [3.8, 4) is 0 Å². The van der Waals surface area contributed by atoms with Crippen LogP contribution < -0.4 is 5.32 Å². The van der Waals surface area contributed by atoms with E-state index in [0.717, 1.165) is 45.7 Å². The van der Waals surface area contributed by atoms with Gasteiger partial charge in [-0.15, -0.1) is 0 Å². The van der Waals surface area contributed by atoms with Crippen LogP contribution in [-0.2, 0) is 4.79 Å². The lowest BCUT2D eigenvalue weighted by Gasteiger charge is -2.28. The van der Waals surface area contributed by atoms with Crippen LogP contribution in [0.25, 0.3) is 0 Å². The molecule has 0 spiro atoms. The Hall–Kier alpha value is -0.610. The quantitative estimate of drug-likeness (QED) is 0.800. The van der Waals surface area contributed by atoms with Crippen molar-refractivity contribution in [3.05, 3.63) is 0 Å². The van der Waals surface area contributed by atoms with Crippen LogP contribution in [0.2, 0.25) is 0 Å². The number of amides is 1. The molecule has 18 heavy (non-hydrogen) atoms. The van der Waals surface area contributed by atoms with Crippen molar-refractivity contribution in [2.45, 2.75) is 38.5 Å². The summed E-state index contributed by atoms with van der Waals surface area (Å²) in [7, 11) is 0. The van der Waals surface area contributed by atoms with Gasteiger partial charge in [-0.25, -0.2) is 0 Å². The molecule has 2 saturated heterocycles. The molecule has 1 N–H and O–H groups in total. The topological polar surface area (TPSA) is 35.6 Å². The summed E-state index contributed by atoms with van der Waals surface area (Å²) in [4.78, 5) is 16.7. The summed E-state index contributed by atoms with van der Waals surface area (Å²) in [5.41, 5.74) is 0. The molecule has 0 aromatic rings. The van der Waals surface area contributed by atoms with Gasteiger partial charge in [-0.05, 0) is 32.4 Å². The Morgan fingerprint density at radius 1 is 0.833 bits per heavy atom. The molecule has 1 amide bonds. The number of rotatable bonds is 2. The Kier molecular flexibility index (Phi) is 5.94. The minimum atomic E-state index is 0.346. The SMILES string of the molecule is O=C(CN1CCCNCC1)N1CCCCCCC1. The number of carbonyl (C=O) groups excluding carboxylic acids is 1. The van der Waals surface area contributed by atoms with Gasteiger partial charge in [0.2, 0.25) is 5.91 Å². The largest absolute Gasteiger partial charge is 0.342 e. The highest BCUT2D eigenvalue weighted by Crippen LogP contribution is 2.11. The smallest absolute Gasteiger partial charge is 0.236 e. The van der Waals surface area contributed by atoms with Gasteiger partial charge in [0.15, 0.2) is 0 Å². The van der Waals surface area contributed by atoms with Crippen molar-refractivity contribution in [1.29, 1.82) is 0 Å². The molecule has 2 aliphatic heterocycles. The molecule has 0 aromatic carbocycles. The van der Waals surface area contributed by atoms with E-state index in [1.54, 1.807) is 0 Å². The van der Waals surface area contributed by atoms with Crippen LogP contribution in [0.1, 0.15) is 38.5 Å². The summed E-state index contributed by atoms with van der Waals surface area (Å²) >= 11 is 0. The number of nitrogens with one attached hydrogen (secondary N) is 1. The highest BCUT2D eigenvalue weighted by atomic mass is 16.2. The molecular weight excluding hydrogens is 226 g/mol. The molecule has 0 aliphatic carbocycles. The molecule has 104 valence electrons. The van der Waals surface area contributed by atoms with E-state index in [0.29, 0.717) is 12.5 Å². The lowest BCUT2D eigenvalue weighted by Crippen LogP contribution is -2.42. The number of hydrogen-bond donors (Lipinski definition) is 1. The molecule has 2 rings (SSSR count). The second-order valence-electron chi connectivity index (χ2n) is 5.53. The third-order valence-electron chi connectivity index (χ3n) is 4.00. The van der Waals surface area contributed by atoms with Crippen molar-refractivity contribution in [3.63, 3.8) is 0 Å². The van der Waals surface area contributed by atoms with Gasteiger partial charge < -0.3 is 10.2 Å². The van der Waals surface area contributed by atoms with Crippen LogP contribution >= 0.6 is 0 Å². The minimum absolute atomic E-state index is 0.346. The third kappa shape index (κ3) is 4.58. The zero-order chi connectivity index (χ0) is 12.6. The van der Waals surface area contributed by atoms with E-state index in [4.69, 9.17) is 0 Å². The molecule has 0 atom stereocenters. The Labute approximate surface area is 111 Å². The first kappa shape index (κ1) is 13.8. The summed E-state index contributed by atoms with van der Waals surface area (Å²) in [6, 6.07) is 0. The Balaban J connectivity index is 1.77. The minimum Gasteiger partial charge on any atom is -0.342 e. The van der Waals surface area contributed by atoms with Crippen molar-refractivity contribution < 1.29 is 4.79 Å². The van der Waals surface area contributed by atoms with E-state index in [1.807, 2.05) is 0 Å². The second kappa shape index (κ2) is 7.74. The zero-order valence-electron chi connectivity index (χ0n) is 11.5. The fourth-order valence-corrected chi connectivity index (χ4v) is 2.85. The highest BCUT2D eigenvalue weighted by molar-refractivity contribution is 5.78. The van der Waals surface area contributed by atoms with Gasteiger partial charge in [0.25, 0.3) is 0 Å². The maximum Gasteiger partial charge on any atom is 0.236 e. The van der Waals surface area contributed by atoms with E-state index < -0.39 is 0 Å². The average Bonchev–Trinajstić information content (AvgIpc) is 2.57. The van der Waals surface area contributed by atoms with Crippen molar-refractivity contribution >= 4 is 5.91 Å². The van der Waals surface area contributed by atoms with Gasteiger partial charge in [-0.3, -0.25) is 9.69 Å². The van der Waals surface area contributed by atoms with Gasteiger partial charge in [0, 0.05) is 26.2 Å². The van der Waals surface area contributed by atoms with E-state index in [9.17, 15) is 4.79 Å². The van der Waals surface area contributed by atoms with Crippen LogP contribution in [0, 0.1) is 0 Å². The molecule has 4 heteroatoms. The molecule has 2 fully saturated rings. The van der Waals surface area contributed by atoms with Crippen LogP contribution in [0.3, 0.4) is 0 Å². The summed E-state index contributed by atoms with van der Waals surface area (Å²) < 4.78 is 0. The first-order valence-corrected chi connectivity index (χ1v) is 7.57. The molecule has 4 nitrogen and oxygen atoms in total. The standard InChI is InChI=1S/C14H27N3O/c18-14(13-16-9-6-7-15-8-12-16)17-10-4-2-1-3-5-11-17/h15H,1-13H2. The van der Waals surface area contributed by atoms with Crippen LogP contribution in [0.4, 0.5) is 0 Å². The monoisotopic (exact) mass is 253 g/mol. The van der Waals surface area contributed by atoms with E-state index in [1.165, 1.54) is 32.1 Å². The first-order chi connectivity index (χ1) is 8.86. The van der Waals surface area contributed by atoms with Crippen LogP contribution in [-0.4, -0.2) is 61.5 Å². The van der Waals surface area contributed by atoms with Crippen LogP contribution in [0.5, 0.6) is 0 Å². The highest BCUT2D eigenvalue weighted by Gasteiger charge is 2.18. The molecule has 0 unspecified atom stereocenters. The number of carbonyl (C=O) groups is 1. The predicted molar refractivity (Wildman–Crippen MR) is 73.6 cm³/mol. The maximum absolute atomic E-state index is 12.3. The van der Waals surface area contributed by atoms with E-state index in [-0.39, 0.29) is 0 Å². The predicted octanol–water partition coefficient (Wildman–Crippen LogP) is 1.07. The fraction of sp³-hybridized carbons (Fsp3) is 0.929. The normalized spacial score (nSPS) is 24.1. The third-order valence-corrected chi connectivity index (χ3v) is 4.00. The van der Waals surface area contributed by atoms with Gasteiger partial charge in [-0.1, -0.05) is 19.3 Å². The summed E-state index contributed by atoms with van der Waals surface area (Å²) in [5, 5.41) is 3.38. The molecule has 2 heterocycles. The fourth-order valence-electron chi connectivity index (χ4n) is 2.85. The summed E-state index contributed by atoms with van der Waals surface area (Å²) in [5.74, 6) is 0.346. The van der Waals surface area contributed by atoms with Gasteiger partial charge in [-0.2, -0.15) is 0 Å². The van der Waals surface area contributed by atoms with Crippen LogP contribution in [0.15, 0.2) is 0 Å². The maximum atomic E-state index is 12.3. The zero-order valence-corrected chi connectivity index (χ0v) is 11.5. The van der Waals surface area contributed by atoms with Gasteiger partial charge >= 0.3 is 0 Å². The number of likely N-dealkylation sites (tertiary alicyclic amines) is 1. The average molecular weight is 253 g/mol. The van der Waals surface area contributed by atoms with Crippen molar-refractivity contribution in [2.75, 3.05) is 45.8 Å². The summed E-state index contributed by atoms with van der Waals surface area (Å²) in [6.45, 7) is 6.77. The summed E-state index contributed by atoms with van der Waals surface area (Å²) in [6.07, 6.45) is 7.46. The lowest BCUT2D eigenvalue weighted by molar-refractivity contribution is -0.132. The molecule has 0 aromatic heterocycles. The lowest BCUT2D eigenvalue weighted by atomic mass is 10.1. The van der Waals surface area contributed by atoms with E-state index in [2.05, 4.69) is 15.1 Å². The van der Waals surface area contributed by atoms with E-state index >= 15 is 0 Å². The molecule has 0 radical (unpaired) electrons. The van der Waals surface area contributed by atoms with Gasteiger partial charge in [0.05, 0.1) is 6.54 Å². The number of hydrogen-bond acceptors (Lipinski definition) is 3. The second-order valence-corrected chi connectivity index (χ2v) is 5.53. The molecule has 0 saturated carbocycles. The Bertz CT molecular complexity index is 241. The number of nitrogens with zero attached hydrogens (tertiary/aromatic N) is 2. The van der Waals surface area contributed by atoms with Crippen molar-refractivity contribution in [2.24, 2.45) is 0 Å². The molecule has 0 bridgehead atoms.